The minimum atomic E-state index is -0.272. The SMILES string of the molecule is Fc1ccccc1C1CNc2ccccc2O1. The van der Waals surface area contributed by atoms with Crippen molar-refractivity contribution in [3.05, 3.63) is 59.9 Å². The first-order chi connectivity index (χ1) is 8.34. The van der Waals surface area contributed by atoms with Crippen LogP contribution in [0, 0.1) is 5.82 Å². The van der Waals surface area contributed by atoms with E-state index in [4.69, 9.17) is 4.74 Å². The quantitative estimate of drug-likeness (QED) is 0.809. The van der Waals surface area contributed by atoms with Gasteiger partial charge in [0.25, 0.3) is 0 Å². The second kappa shape index (κ2) is 4.09. The zero-order valence-corrected chi connectivity index (χ0v) is 9.19. The Hall–Kier alpha value is -2.03. The van der Waals surface area contributed by atoms with E-state index in [0.717, 1.165) is 11.4 Å². The van der Waals surface area contributed by atoms with Crippen molar-refractivity contribution in [3.63, 3.8) is 0 Å². The van der Waals surface area contributed by atoms with Crippen molar-refractivity contribution in [1.29, 1.82) is 0 Å². The van der Waals surface area contributed by atoms with Crippen LogP contribution in [0.3, 0.4) is 0 Å². The number of halogens is 1. The molecule has 1 N–H and O–H groups in total. The molecular formula is C14H12FNO. The van der Waals surface area contributed by atoms with E-state index >= 15 is 0 Å². The summed E-state index contributed by atoms with van der Waals surface area (Å²) in [5.74, 6) is 0.547. The molecule has 0 bridgehead atoms. The molecule has 1 heterocycles. The zero-order chi connectivity index (χ0) is 11.7. The van der Waals surface area contributed by atoms with Gasteiger partial charge in [0, 0.05) is 5.56 Å². The van der Waals surface area contributed by atoms with Gasteiger partial charge in [0.2, 0.25) is 0 Å². The third-order valence-corrected chi connectivity index (χ3v) is 2.89. The maximum Gasteiger partial charge on any atom is 0.144 e. The molecule has 86 valence electrons. The lowest BCUT2D eigenvalue weighted by molar-refractivity contribution is 0.205. The minimum absolute atomic E-state index is 0.223. The van der Waals surface area contributed by atoms with Gasteiger partial charge < -0.3 is 10.1 Å². The average molecular weight is 229 g/mol. The Kier molecular flexibility index (Phi) is 2.44. The largest absolute Gasteiger partial charge is 0.482 e. The Morgan fingerprint density at radius 3 is 2.71 bits per heavy atom. The molecule has 3 heteroatoms. The molecule has 0 amide bonds. The summed E-state index contributed by atoms with van der Waals surface area (Å²) in [6, 6.07) is 14.4. The van der Waals surface area contributed by atoms with E-state index in [9.17, 15) is 4.39 Å². The van der Waals surface area contributed by atoms with E-state index < -0.39 is 0 Å². The third-order valence-electron chi connectivity index (χ3n) is 2.89. The molecule has 1 unspecified atom stereocenters. The van der Waals surface area contributed by atoms with Crippen LogP contribution in [0.25, 0.3) is 0 Å². The first-order valence-corrected chi connectivity index (χ1v) is 5.58. The summed E-state index contributed by atoms with van der Waals surface area (Å²) >= 11 is 0. The van der Waals surface area contributed by atoms with Crippen LogP contribution in [-0.4, -0.2) is 6.54 Å². The third kappa shape index (κ3) is 1.84. The molecule has 1 aliphatic rings. The second-order valence-electron chi connectivity index (χ2n) is 4.01. The van der Waals surface area contributed by atoms with E-state index in [0.29, 0.717) is 12.1 Å². The smallest absolute Gasteiger partial charge is 0.144 e. The lowest BCUT2D eigenvalue weighted by Crippen LogP contribution is -2.24. The van der Waals surface area contributed by atoms with Crippen LogP contribution in [0.4, 0.5) is 10.1 Å². The van der Waals surface area contributed by atoms with E-state index in [1.54, 1.807) is 12.1 Å². The number of para-hydroxylation sites is 2. The van der Waals surface area contributed by atoms with Gasteiger partial charge in [-0.15, -0.1) is 0 Å². The molecule has 2 aromatic carbocycles. The lowest BCUT2D eigenvalue weighted by Gasteiger charge is -2.27. The molecule has 0 radical (unpaired) electrons. The van der Waals surface area contributed by atoms with Gasteiger partial charge in [-0.25, -0.2) is 4.39 Å². The van der Waals surface area contributed by atoms with Crippen molar-refractivity contribution in [2.45, 2.75) is 6.10 Å². The van der Waals surface area contributed by atoms with Gasteiger partial charge in [-0.05, 0) is 18.2 Å². The number of benzene rings is 2. The van der Waals surface area contributed by atoms with E-state index in [1.807, 2.05) is 30.3 Å². The zero-order valence-electron chi connectivity index (χ0n) is 9.19. The number of anilines is 1. The van der Waals surface area contributed by atoms with Crippen molar-refractivity contribution < 1.29 is 9.13 Å². The van der Waals surface area contributed by atoms with Crippen LogP contribution in [0.1, 0.15) is 11.7 Å². The summed E-state index contributed by atoms with van der Waals surface area (Å²) in [4.78, 5) is 0. The molecular weight excluding hydrogens is 217 g/mol. The molecule has 3 rings (SSSR count). The Balaban J connectivity index is 1.92. The molecule has 0 aromatic heterocycles. The van der Waals surface area contributed by atoms with E-state index in [1.165, 1.54) is 6.07 Å². The molecule has 0 saturated carbocycles. The molecule has 2 aromatic rings. The van der Waals surface area contributed by atoms with Gasteiger partial charge in [0.15, 0.2) is 0 Å². The van der Waals surface area contributed by atoms with Gasteiger partial charge in [-0.3, -0.25) is 0 Å². The summed E-state index contributed by atoms with van der Waals surface area (Å²) in [6.07, 6.45) is -0.272. The van der Waals surface area contributed by atoms with Crippen LogP contribution in [-0.2, 0) is 0 Å². The van der Waals surface area contributed by atoms with Crippen molar-refractivity contribution >= 4 is 5.69 Å². The van der Waals surface area contributed by atoms with Gasteiger partial charge >= 0.3 is 0 Å². The van der Waals surface area contributed by atoms with E-state index in [-0.39, 0.29) is 11.9 Å². The molecule has 0 spiro atoms. The lowest BCUT2D eigenvalue weighted by atomic mass is 10.1. The first kappa shape index (κ1) is 10.1. The summed E-state index contributed by atoms with van der Waals surface area (Å²) in [7, 11) is 0. The molecule has 0 fully saturated rings. The van der Waals surface area contributed by atoms with Gasteiger partial charge in [-0.1, -0.05) is 30.3 Å². The van der Waals surface area contributed by atoms with E-state index in [2.05, 4.69) is 5.32 Å². The topological polar surface area (TPSA) is 21.3 Å². The molecule has 2 nitrogen and oxygen atoms in total. The number of hydrogen-bond acceptors (Lipinski definition) is 2. The summed E-state index contributed by atoms with van der Waals surface area (Å²) < 4.78 is 19.4. The molecule has 1 atom stereocenters. The predicted octanol–water partition coefficient (Wildman–Crippen LogP) is 3.37. The van der Waals surface area contributed by atoms with Crippen LogP contribution >= 0.6 is 0 Å². The number of rotatable bonds is 1. The van der Waals surface area contributed by atoms with Crippen molar-refractivity contribution in [2.24, 2.45) is 0 Å². The van der Waals surface area contributed by atoms with Gasteiger partial charge in [0.1, 0.15) is 17.7 Å². The number of ether oxygens (including phenoxy) is 1. The Morgan fingerprint density at radius 1 is 1.06 bits per heavy atom. The number of nitrogens with one attached hydrogen (secondary N) is 1. The Bertz CT molecular complexity index is 541. The normalized spacial score (nSPS) is 17.8. The predicted molar refractivity (Wildman–Crippen MR) is 64.7 cm³/mol. The fourth-order valence-electron chi connectivity index (χ4n) is 2.02. The van der Waals surface area contributed by atoms with Crippen LogP contribution in [0.15, 0.2) is 48.5 Å². The Labute approximate surface area is 99.0 Å². The molecule has 1 aliphatic heterocycles. The second-order valence-corrected chi connectivity index (χ2v) is 4.01. The van der Waals surface area contributed by atoms with Crippen LogP contribution in [0.5, 0.6) is 5.75 Å². The highest BCUT2D eigenvalue weighted by atomic mass is 19.1. The molecule has 0 saturated heterocycles. The van der Waals surface area contributed by atoms with Crippen molar-refractivity contribution in [2.75, 3.05) is 11.9 Å². The van der Waals surface area contributed by atoms with Crippen molar-refractivity contribution in [3.8, 4) is 5.75 Å². The average Bonchev–Trinajstić information content (AvgIpc) is 2.39. The molecule has 17 heavy (non-hydrogen) atoms. The Morgan fingerprint density at radius 2 is 1.82 bits per heavy atom. The number of fused-ring (bicyclic) bond motifs is 1. The summed E-state index contributed by atoms with van der Waals surface area (Å²) in [6.45, 7) is 0.581. The number of hydrogen-bond donors (Lipinski definition) is 1. The maximum absolute atomic E-state index is 13.6. The van der Waals surface area contributed by atoms with Crippen LogP contribution < -0.4 is 10.1 Å². The standard InChI is InChI=1S/C14H12FNO/c15-11-6-2-1-5-10(11)14-9-16-12-7-3-4-8-13(12)17-14/h1-8,14,16H,9H2. The summed E-state index contributed by atoms with van der Waals surface area (Å²) in [5, 5.41) is 3.25. The van der Waals surface area contributed by atoms with Gasteiger partial charge in [0.05, 0.1) is 12.2 Å². The maximum atomic E-state index is 13.6. The van der Waals surface area contributed by atoms with Crippen LogP contribution in [0.2, 0.25) is 0 Å². The first-order valence-electron chi connectivity index (χ1n) is 5.58. The van der Waals surface area contributed by atoms with Crippen molar-refractivity contribution in [1.82, 2.24) is 0 Å². The molecule has 0 aliphatic carbocycles. The van der Waals surface area contributed by atoms with Gasteiger partial charge in [-0.2, -0.15) is 0 Å². The minimum Gasteiger partial charge on any atom is -0.482 e. The highest BCUT2D eigenvalue weighted by molar-refractivity contribution is 5.58. The summed E-state index contributed by atoms with van der Waals surface area (Å²) in [5.41, 5.74) is 1.55. The highest BCUT2D eigenvalue weighted by Crippen LogP contribution is 2.34. The fourth-order valence-corrected chi connectivity index (χ4v) is 2.02. The monoisotopic (exact) mass is 229 g/mol. The highest BCUT2D eigenvalue weighted by Gasteiger charge is 2.22. The fraction of sp³-hybridized carbons (Fsp3) is 0.143.